The molecule has 0 saturated carbocycles. The highest BCUT2D eigenvalue weighted by Gasteiger charge is 2.26. The first-order chi connectivity index (χ1) is 18.7. The molecule has 12 nitrogen and oxygen atoms in total. The third kappa shape index (κ3) is 6.92. The van der Waals surface area contributed by atoms with Crippen LogP contribution in [0.3, 0.4) is 0 Å². The summed E-state index contributed by atoms with van der Waals surface area (Å²) < 4.78 is 75.8. The first-order valence-corrected chi connectivity index (χ1v) is 16.1. The lowest BCUT2D eigenvalue weighted by Gasteiger charge is -2.30. The number of carbonyl (C=O) groups is 1. The predicted molar refractivity (Wildman–Crippen MR) is 144 cm³/mol. The van der Waals surface area contributed by atoms with Gasteiger partial charge in [0.05, 0.1) is 16.7 Å². The first kappa shape index (κ1) is 29.8. The van der Waals surface area contributed by atoms with Crippen LogP contribution in [0, 0.1) is 0 Å². The lowest BCUT2D eigenvalue weighted by molar-refractivity contribution is 0.0951. The zero-order valence-corrected chi connectivity index (χ0v) is 23.4. The number of nitrogens with one attached hydrogen (secondary N) is 2. The van der Waals surface area contributed by atoms with E-state index in [9.17, 15) is 35.2 Å². The van der Waals surface area contributed by atoms with Crippen molar-refractivity contribution < 1.29 is 30.4 Å². The van der Waals surface area contributed by atoms with E-state index in [1.807, 2.05) is 0 Å². The summed E-state index contributed by atoms with van der Waals surface area (Å²) in [5.41, 5.74) is -1.52. The number of nitrogens with zero attached hydrogens (tertiary/aromatic N) is 4. The minimum Gasteiger partial charge on any atom is -0.351 e. The third-order valence-electron chi connectivity index (χ3n) is 6.36. The van der Waals surface area contributed by atoms with Crippen molar-refractivity contribution in [3.05, 3.63) is 58.0 Å². The molecule has 0 radical (unpaired) electrons. The fourth-order valence-electron chi connectivity index (χ4n) is 4.28. The number of piperidine rings is 1. The normalized spacial score (nSPS) is 15.4. The van der Waals surface area contributed by atoms with Crippen LogP contribution in [0.25, 0.3) is 11.0 Å². The Hall–Kier alpha value is -3.21. The number of aromatic nitrogens is 3. The number of carbonyl (C=O) groups excluding carboxylic acids is 1. The van der Waals surface area contributed by atoms with E-state index < -0.39 is 42.5 Å². The zero-order valence-electron chi connectivity index (χ0n) is 21.1. The average molecular weight is 619 g/mol. The van der Waals surface area contributed by atoms with Crippen LogP contribution in [0.15, 0.2) is 46.2 Å². The standard InChI is InChI=1S/C23H25ClF2N6O6S2/c1-39(35,36)31-9-6-16(7-10-31)29-23-28-13-15-12-18(19(25)26)22(34)32(20(15)30-23)11-8-27-21(33)14-2-4-17(5-3-14)40(24,37)38/h2-5,12-13,16,19H,6-11H2,1H3,(H,27,33)(H,28,29,30). The summed E-state index contributed by atoms with van der Waals surface area (Å²) >= 11 is 0. The quantitative estimate of drug-likeness (QED) is 0.341. The number of halogens is 3. The summed E-state index contributed by atoms with van der Waals surface area (Å²) in [5, 5.41) is 5.86. The van der Waals surface area contributed by atoms with Gasteiger partial charge in [0, 0.05) is 60.0 Å². The van der Waals surface area contributed by atoms with Crippen LogP contribution in [0.2, 0.25) is 0 Å². The number of sulfonamides is 1. The summed E-state index contributed by atoms with van der Waals surface area (Å²) in [6.07, 6.45) is 0.396. The summed E-state index contributed by atoms with van der Waals surface area (Å²) in [4.78, 5) is 33.8. The van der Waals surface area contributed by atoms with Crippen LogP contribution in [-0.2, 0) is 25.6 Å². The molecule has 1 aromatic carbocycles. The van der Waals surface area contributed by atoms with Crippen LogP contribution in [-0.4, -0.2) is 73.5 Å². The number of benzene rings is 1. The van der Waals surface area contributed by atoms with Gasteiger partial charge in [0.25, 0.3) is 26.9 Å². The number of fused-ring (bicyclic) bond motifs is 1. The molecule has 0 atom stereocenters. The highest BCUT2D eigenvalue weighted by Crippen LogP contribution is 2.22. The molecule has 3 heterocycles. The number of hydrogen-bond donors (Lipinski definition) is 2. The van der Waals surface area contributed by atoms with E-state index in [4.69, 9.17) is 10.7 Å². The Kier molecular flexibility index (Phi) is 8.72. The Balaban J connectivity index is 1.52. The van der Waals surface area contributed by atoms with Gasteiger partial charge in [-0.2, -0.15) is 4.98 Å². The number of anilines is 1. The van der Waals surface area contributed by atoms with Crippen LogP contribution in [0.5, 0.6) is 0 Å². The molecule has 3 aromatic rings. The highest BCUT2D eigenvalue weighted by molar-refractivity contribution is 8.13. The van der Waals surface area contributed by atoms with Gasteiger partial charge in [0.15, 0.2) is 0 Å². The molecule has 1 fully saturated rings. The van der Waals surface area contributed by atoms with E-state index in [-0.39, 0.29) is 46.6 Å². The molecule has 1 saturated heterocycles. The number of alkyl halides is 2. The van der Waals surface area contributed by atoms with Crippen LogP contribution < -0.4 is 16.2 Å². The molecule has 1 aliphatic rings. The van der Waals surface area contributed by atoms with E-state index >= 15 is 0 Å². The monoisotopic (exact) mass is 618 g/mol. The molecular formula is C23H25ClF2N6O6S2. The Morgan fingerprint density at radius 2 is 1.80 bits per heavy atom. The minimum atomic E-state index is -3.96. The van der Waals surface area contributed by atoms with Gasteiger partial charge < -0.3 is 10.6 Å². The van der Waals surface area contributed by atoms with Crippen molar-refractivity contribution in [3.63, 3.8) is 0 Å². The topological polar surface area (TPSA) is 160 Å². The molecule has 0 aliphatic carbocycles. The van der Waals surface area contributed by atoms with Gasteiger partial charge >= 0.3 is 0 Å². The van der Waals surface area contributed by atoms with Gasteiger partial charge in [-0.3, -0.25) is 14.2 Å². The van der Waals surface area contributed by atoms with Crippen molar-refractivity contribution in [2.45, 2.75) is 36.7 Å². The average Bonchev–Trinajstić information content (AvgIpc) is 2.89. The molecule has 2 N–H and O–H groups in total. The fraction of sp³-hybridized carbons (Fsp3) is 0.391. The van der Waals surface area contributed by atoms with Crippen molar-refractivity contribution in [1.82, 2.24) is 24.2 Å². The van der Waals surface area contributed by atoms with Crippen LogP contribution in [0.1, 0.15) is 35.2 Å². The Labute approximate surface area is 232 Å². The lowest BCUT2D eigenvalue weighted by atomic mass is 10.1. The summed E-state index contributed by atoms with van der Waals surface area (Å²) in [6.45, 7) is 0.305. The SMILES string of the molecule is CS(=O)(=O)N1CCC(Nc2ncc3cc(C(F)F)c(=O)n(CCNC(=O)c4ccc(S(=O)(=O)Cl)cc4)c3n2)CC1. The largest absolute Gasteiger partial charge is 0.351 e. The summed E-state index contributed by atoms with van der Waals surface area (Å²) in [5.74, 6) is -0.445. The molecular weight excluding hydrogens is 594 g/mol. The zero-order chi connectivity index (χ0) is 29.2. The van der Waals surface area contributed by atoms with Gasteiger partial charge in [-0.1, -0.05) is 0 Å². The smallest absolute Gasteiger partial charge is 0.269 e. The van der Waals surface area contributed by atoms with Crippen LogP contribution >= 0.6 is 10.7 Å². The fourth-order valence-corrected chi connectivity index (χ4v) is 5.93. The first-order valence-electron chi connectivity index (χ1n) is 12.0. The second-order valence-electron chi connectivity index (χ2n) is 9.13. The van der Waals surface area contributed by atoms with Gasteiger partial charge in [0.1, 0.15) is 5.65 Å². The van der Waals surface area contributed by atoms with E-state index in [1.165, 1.54) is 22.6 Å². The number of pyridine rings is 1. The van der Waals surface area contributed by atoms with E-state index in [1.54, 1.807) is 0 Å². The molecule has 4 rings (SSSR count). The molecule has 216 valence electrons. The van der Waals surface area contributed by atoms with Crippen LogP contribution in [0.4, 0.5) is 14.7 Å². The highest BCUT2D eigenvalue weighted by atomic mass is 35.7. The number of amides is 1. The molecule has 1 amide bonds. The van der Waals surface area contributed by atoms with E-state index in [0.29, 0.717) is 25.9 Å². The lowest BCUT2D eigenvalue weighted by Crippen LogP contribution is -2.42. The molecule has 0 spiro atoms. The molecule has 0 bridgehead atoms. The Morgan fingerprint density at radius 3 is 2.38 bits per heavy atom. The maximum Gasteiger partial charge on any atom is 0.269 e. The van der Waals surface area contributed by atoms with E-state index in [2.05, 4.69) is 20.6 Å². The molecule has 40 heavy (non-hydrogen) atoms. The molecule has 17 heteroatoms. The molecule has 1 aliphatic heterocycles. The molecule has 0 unspecified atom stereocenters. The Morgan fingerprint density at radius 1 is 1.15 bits per heavy atom. The second kappa shape index (κ2) is 11.7. The second-order valence-corrected chi connectivity index (χ2v) is 13.7. The minimum absolute atomic E-state index is 0.0754. The predicted octanol–water partition coefficient (Wildman–Crippen LogP) is 1.92. The van der Waals surface area contributed by atoms with Crippen molar-refractivity contribution in [3.8, 4) is 0 Å². The third-order valence-corrected chi connectivity index (χ3v) is 9.04. The summed E-state index contributed by atoms with van der Waals surface area (Å²) in [7, 11) is -1.98. The van der Waals surface area contributed by atoms with Gasteiger partial charge in [0.2, 0.25) is 16.0 Å². The number of hydrogen-bond acceptors (Lipinski definition) is 9. The Bertz CT molecular complexity index is 1690. The number of rotatable bonds is 9. The maximum atomic E-state index is 13.6. The van der Waals surface area contributed by atoms with Crippen molar-refractivity contribution in [2.75, 3.05) is 31.2 Å². The van der Waals surface area contributed by atoms with Crippen molar-refractivity contribution >= 4 is 52.6 Å². The van der Waals surface area contributed by atoms with Gasteiger partial charge in [-0.15, -0.1) is 0 Å². The van der Waals surface area contributed by atoms with Gasteiger partial charge in [-0.05, 0) is 43.2 Å². The van der Waals surface area contributed by atoms with Crippen molar-refractivity contribution in [2.24, 2.45) is 0 Å². The van der Waals surface area contributed by atoms with E-state index in [0.717, 1.165) is 29.0 Å². The molecule has 2 aromatic heterocycles. The summed E-state index contributed by atoms with van der Waals surface area (Å²) in [6, 6.07) is 5.73. The van der Waals surface area contributed by atoms with Gasteiger partial charge in [-0.25, -0.2) is 34.9 Å². The van der Waals surface area contributed by atoms with Crippen molar-refractivity contribution in [1.29, 1.82) is 0 Å². The maximum absolute atomic E-state index is 13.6.